The molecule has 0 radical (unpaired) electrons. The van der Waals surface area contributed by atoms with Gasteiger partial charge in [0.05, 0.1) is 23.6 Å². The Bertz CT molecular complexity index is 283. The lowest BCUT2D eigenvalue weighted by Gasteiger charge is -2.20. The summed E-state index contributed by atoms with van der Waals surface area (Å²) in [4.78, 5) is 0. The van der Waals surface area contributed by atoms with Gasteiger partial charge in [0, 0.05) is 0 Å². The minimum Gasteiger partial charge on any atom is -0.198 e. The van der Waals surface area contributed by atoms with Crippen molar-refractivity contribution in [1.29, 1.82) is 15.8 Å². The molecule has 1 aliphatic carbocycles. The summed E-state index contributed by atoms with van der Waals surface area (Å²) in [5.41, 5.74) is -0.747. The molecule has 3 nitrogen and oxygen atoms in total. The van der Waals surface area contributed by atoms with Gasteiger partial charge in [-0.25, -0.2) is 0 Å². The van der Waals surface area contributed by atoms with Crippen LogP contribution >= 0.6 is 0 Å². The monoisotopic (exact) mass is 159 g/mol. The number of rotatable bonds is 2. The molecule has 0 spiro atoms. The summed E-state index contributed by atoms with van der Waals surface area (Å²) in [5.74, 6) is -0.526. The van der Waals surface area contributed by atoms with E-state index in [-0.39, 0.29) is 5.92 Å². The molecule has 0 saturated heterocycles. The molecule has 0 aromatic rings. The topological polar surface area (TPSA) is 71.4 Å². The quantitative estimate of drug-likeness (QED) is 0.614. The number of hydrogen-bond donors (Lipinski definition) is 0. The predicted octanol–water partition coefficient (Wildman–Crippen LogP) is 1.59. The first-order valence-electron chi connectivity index (χ1n) is 3.89. The van der Waals surface area contributed by atoms with Crippen LogP contribution < -0.4 is 0 Å². The van der Waals surface area contributed by atoms with E-state index in [0.717, 1.165) is 12.8 Å². The van der Waals surface area contributed by atoms with Crippen LogP contribution in [0.3, 0.4) is 0 Å². The standard InChI is InChI=1S/C9H9N3/c1-9(6-12,7-2-3-7)8(4-10)5-11/h7-8H,2-3H2,1H3. The van der Waals surface area contributed by atoms with Crippen molar-refractivity contribution in [3.05, 3.63) is 0 Å². The molecule has 0 aliphatic heterocycles. The largest absolute Gasteiger partial charge is 0.198 e. The molecule has 1 rings (SSSR count). The Hall–Kier alpha value is -1.53. The van der Waals surface area contributed by atoms with Gasteiger partial charge >= 0.3 is 0 Å². The molecule has 1 atom stereocenters. The highest BCUT2D eigenvalue weighted by Gasteiger charge is 2.48. The molecule has 1 aliphatic rings. The van der Waals surface area contributed by atoms with E-state index in [2.05, 4.69) is 6.07 Å². The van der Waals surface area contributed by atoms with Crippen molar-refractivity contribution < 1.29 is 0 Å². The summed E-state index contributed by atoms with van der Waals surface area (Å²) in [7, 11) is 0. The van der Waals surface area contributed by atoms with Gasteiger partial charge in [0.2, 0.25) is 0 Å². The van der Waals surface area contributed by atoms with E-state index < -0.39 is 11.3 Å². The van der Waals surface area contributed by atoms with Gasteiger partial charge in [-0.05, 0) is 25.7 Å². The SMILES string of the molecule is CC(C#N)(C(C#N)C#N)C1CC1. The first-order chi connectivity index (χ1) is 5.69. The van der Waals surface area contributed by atoms with Crippen LogP contribution in [0.4, 0.5) is 0 Å². The molecule has 1 fully saturated rings. The summed E-state index contributed by atoms with van der Waals surface area (Å²) >= 11 is 0. The minimum absolute atomic E-state index is 0.256. The van der Waals surface area contributed by atoms with E-state index >= 15 is 0 Å². The van der Waals surface area contributed by atoms with Gasteiger partial charge in [-0.15, -0.1) is 0 Å². The zero-order valence-corrected chi connectivity index (χ0v) is 6.91. The summed E-state index contributed by atoms with van der Waals surface area (Å²) in [5, 5.41) is 26.2. The Balaban J connectivity index is 2.89. The maximum atomic E-state index is 8.88. The molecule has 60 valence electrons. The third-order valence-corrected chi connectivity index (χ3v) is 2.52. The third kappa shape index (κ3) is 1.13. The van der Waals surface area contributed by atoms with Crippen LogP contribution in [0.1, 0.15) is 19.8 Å². The second-order valence-corrected chi connectivity index (χ2v) is 3.36. The molecule has 12 heavy (non-hydrogen) atoms. The van der Waals surface area contributed by atoms with Crippen molar-refractivity contribution >= 4 is 0 Å². The van der Waals surface area contributed by atoms with Crippen LogP contribution in [0.15, 0.2) is 0 Å². The Kier molecular flexibility index (Phi) is 2.03. The Morgan fingerprint density at radius 2 is 1.75 bits per heavy atom. The lowest BCUT2D eigenvalue weighted by Crippen LogP contribution is -2.25. The van der Waals surface area contributed by atoms with Crippen LogP contribution in [-0.2, 0) is 0 Å². The fourth-order valence-electron chi connectivity index (χ4n) is 1.37. The van der Waals surface area contributed by atoms with E-state index in [1.807, 2.05) is 12.1 Å². The van der Waals surface area contributed by atoms with E-state index in [4.69, 9.17) is 15.8 Å². The smallest absolute Gasteiger partial charge is 0.151 e. The maximum absolute atomic E-state index is 8.88. The molecule has 0 bridgehead atoms. The predicted molar refractivity (Wildman–Crippen MR) is 41.2 cm³/mol. The summed E-state index contributed by atoms with van der Waals surface area (Å²) < 4.78 is 0. The average molecular weight is 159 g/mol. The van der Waals surface area contributed by atoms with Gasteiger partial charge in [0.25, 0.3) is 0 Å². The number of nitriles is 3. The molecule has 0 aromatic heterocycles. The average Bonchev–Trinajstić information content (AvgIpc) is 2.88. The summed E-state index contributed by atoms with van der Waals surface area (Å²) in [6, 6.07) is 5.86. The van der Waals surface area contributed by atoms with Crippen molar-refractivity contribution in [2.24, 2.45) is 17.3 Å². The van der Waals surface area contributed by atoms with Crippen LogP contribution in [0, 0.1) is 51.2 Å². The highest BCUT2D eigenvalue weighted by atomic mass is 14.5. The third-order valence-electron chi connectivity index (χ3n) is 2.52. The van der Waals surface area contributed by atoms with Crippen molar-refractivity contribution in [3.63, 3.8) is 0 Å². The highest BCUT2D eigenvalue weighted by Crippen LogP contribution is 2.49. The fraction of sp³-hybridized carbons (Fsp3) is 0.667. The summed E-state index contributed by atoms with van der Waals surface area (Å²) in [6.45, 7) is 1.71. The van der Waals surface area contributed by atoms with Crippen LogP contribution in [-0.4, -0.2) is 0 Å². The highest BCUT2D eigenvalue weighted by molar-refractivity contribution is 5.19. The van der Waals surface area contributed by atoms with Crippen LogP contribution in [0.5, 0.6) is 0 Å². The lowest BCUT2D eigenvalue weighted by atomic mass is 9.76. The van der Waals surface area contributed by atoms with Crippen molar-refractivity contribution in [3.8, 4) is 18.2 Å². The van der Waals surface area contributed by atoms with Crippen molar-refractivity contribution in [2.45, 2.75) is 19.8 Å². The molecule has 1 saturated carbocycles. The van der Waals surface area contributed by atoms with Crippen molar-refractivity contribution in [2.75, 3.05) is 0 Å². The van der Waals surface area contributed by atoms with E-state index in [9.17, 15) is 0 Å². The second kappa shape index (κ2) is 2.84. The zero-order valence-electron chi connectivity index (χ0n) is 6.91. The summed E-state index contributed by atoms with van der Waals surface area (Å²) in [6.07, 6.45) is 1.95. The number of hydrogen-bond acceptors (Lipinski definition) is 3. The van der Waals surface area contributed by atoms with Gasteiger partial charge in [-0.2, -0.15) is 15.8 Å². The number of nitrogens with zero attached hydrogens (tertiary/aromatic N) is 3. The molecule has 1 unspecified atom stereocenters. The maximum Gasteiger partial charge on any atom is 0.151 e. The van der Waals surface area contributed by atoms with Gasteiger partial charge in [-0.1, -0.05) is 0 Å². The Morgan fingerprint density at radius 3 is 2.00 bits per heavy atom. The Morgan fingerprint density at radius 1 is 1.25 bits per heavy atom. The van der Waals surface area contributed by atoms with Crippen LogP contribution in [0.2, 0.25) is 0 Å². The van der Waals surface area contributed by atoms with Gasteiger partial charge < -0.3 is 0 Å². The zero-order chi connectivity index (χ0) is 9.19. The molecular formula is C9H9N3. The van der Waals surface area contributed by atoms with E-state index in [1.165, 1.54) is 0 Å². The van der Waals surface area contributed by atoms with E-state index in [0.29, 0.717) is 0 Å². The second-order valence-electron chi connectivity index (χ2n) is 3.36. The Labute approximate surface area is 71.8 Å². The van der Waals surface area contributed by atoms with Gasteiger partial charge in [0.15, 0.2) is 5.92 Å². The molecule has 0 aromatic carbocycles. The first kappa shape index (κ1) is 8.57. The van der Waals surface area contributed by atoms with Crippen LogP contribution in [0.25, 0.3) is 0 Å². The normalized spacial score (nSPS) is 20.2. The molecule has 3 heteroatoms. The molecule has 0 amide bonds. The fourth-order valence-corrected chi connectivity index (χ4v) is 1.37. The van der Waals surface area contributed by atoms with Gasteiger partial charge in [0.1, 0.15) is 0 Å². The van der Waals surface area contributed by atoms with E-state index in [1.54, 1.807) is 6.92 Å². The minimum atomic E-state index is -0.782. The van der Waals surface area contributed by atoms with Crippen molar-refractivity contribution in [1.82, 2.24) is 0 Å². The molecular weight excluding hydrogens is 150 g/mol. The molecule has 0 heterocycles. The molecule has 0 N–H and O–H groups in total. The van der Waals surface area contributed by atoms with Gasteiger partial charge in [-0.3, -0.25) is 0 Å². The first-order valence-corrected chi connectivity index (χ1v) is 3.89. The lowest BCUT2D eigenvalue weighted by molar-refractivity contribution is 0.330.